The molecule has 2 aromatic rings. The third-order valence-electron chi connectivity index (χ3n) is 10.4. The van der Waals surface area contributed by atoms with Crippen LogP contribution < -0.4 is 0 Å². The third-order valence-corrected chi connectivity index (χ3v) is 10.4. The lowest BCUT2D eigenvalue weighted by atomic mass is 9.94. The van der Waals surface area contributed by atoms with Crippen LogP contribution in [0.5, 0.6) is 0 Å². The van der Waals surface area contributed by atoms with Crippen molar-refractivity contribution in [2.75, 3.05) is 46.8 Å². The number of alkyl halides is 6. The lowest BCUT2D eigenvalue weighted by Gasteiger charge is -2.44. The first-order valence-corrected chi connectivity index (χ1v) is 17.7. The molecule has 270 valence electrons. The van der Waals surface area contributed by atoms with Crippen LogP contribution in [-0.2, 0) is 23.6 Å². The fraction of sp³-hybridized carbons (Fsp3) is 0.622. The zero-order chi connectivity index (χ0) is 35.2. The van der Waals surface area contributed by atoms with Crippen LogP contribution in [0.15, 0.2) is 53.5 Å². The first-order valence-electron chi connectivity index (χ1n) is 17.7. The van der Waals surface area contributed by atoms with Crippen LogP contribution in [0, 0.1) is 0 Å². The number of aliphatic imine (C=N–C) groups is 1. The van der Waals surface area contributed by atoms with Crippen molar-refractivity contribution >= 4 is 11.9 Å². The molecule has 12 heteroatoms. The first-order chi connectivity index (χ1) is 23.3. The van der Waals surface area contributed by atoms with Gasteiger partial charge in [0.1, 0.15) is 6.04 Å². The summed E-state index contributed by atoms with van der Waals surface area (Å²) in [6.45, 7) is 2.54. The maximum absolute atomic E-state index is 14.1. The molecule has 0 unspecified atom stereocenters. The second-order valence-corrected chi connectivity index (χ2v) is 13.9. The molecule has 6 nitrogen and oxygen atoms in total. The molecule has 1 amide bonds. The van der Waals surface area contributed by atoms with E-state index >= 15 is 0 Å². The van der Waals surface area contributed by atoms with Crippen LogP contribution in [0.1, 0.15) is 92.5 Å². The van der Waals surface area contributed by atoms with Gasteiger partial charge in [-0.25, -0.2) is 4.99 Å². The molecule has 49 heavy (non-hydrogen) atoms. The molecule has 3 fully saturated rings. The highest BCUT2D eigenvalue weighted by atomic mass is 19.4. The minimum atomic E-state index is -4.93. The van der Waals surface area contributed by atoms with Crippen molar-refractivity contribution in [1.82, 2.24) is 19.6 Å². The Morgan fingerprint density at radius 3 is 1.90 bits per heavy atom. The summed E-state index contributed by atoms with van der Waals surface area (Å²) >= 11 is 0. The summed E-state index contributed by atoms with van der Waals surface area (Å²) in [5.74, 6) is 0.801. The third kappa shape index (κ3) is 9.70. The summed E-state index contributed by atoms with van der Waals surface area (Å²) in [6, 6.07) is 11.1. The molecule has 0 N–H and O–H groups in total. The molecule has 1 aliphatic heterocycles. The number of carbonyl (C=O) groups is 1. The van der Waals surface area contributed by atoms with Gasteiger partial charge in [0.2, 0.25) is 5.91 Å². The lowest BCUT2D eigenvalue weighted by Crippen LogP contribution is -2.57. The number of nitrogens with zero attached hydrogens (tertiary/aromatic N) is 5. The molecule has 5 rings (SSSR count). The van der Waals surface area contributed by atoms with Crippen LogP contribution in [-0.4, -0.2) is 90.4 Å². The Hall–Kier alpha value is -3.28. The lowest BCUT2D eigenvalue weighted by molar-refractivity contribution is -0.143. The molecule has 0 aromatic heterocycles. The second kappa shape index (κ2) is 16.2. The minimum absolute atomic E-state index is 0.0366. The van der Waals surface area contributed by atoms with E-state index in [4.69, 9.17) is 4.99 Å². The number of halogens is 6. The van der Waals surface area contributed by atoms with Crippen LogP contribution in [0.3, 0.4) is 0 Å². The molecule has 1 saturated heterocycles. The average Bonchev–Trinajstić information content (AvgIpc) is 3.10. The normalized spacial score (nSPS) is 19.9. The number of piperazine rings is 1. The number of hydrogen-bond acceptors (Lipinski definition) is 3. The van der Waals surface area contributed by atoms with E-state index < -0.39 is 29.5 Å². The van der Waals surface area contributed by atoms with E-state index in [2.05, 4.69) is 21.7 Å². The van der Waals surface area contributed by atoms with Crippen LogP contribution >= 0.6 is 0 Å². The Morgan fingerprint density at radius 1 is 0.796 bits per heavy atom. The summed E-state index contributed by atoms with van der Waals surface area (Å²) in [5.41, 5.74) is -2.04. The fourth-order valence-corrected chi connectivity index (χ4v) is 7.51. The van der Waals surface area contributed by atoms with E-state index in [9.17, 15) is 31.1 Å². The van der Waals surface area contributed by atoms with E-state index in [1.807, 2.05) is 30.3 Å². The highest BCUT2D eigenvalue weighted by Crippen LogP contribution is 2.37. The van der Waals surface area contributed by atoms with Crippen LogP contribution in [0.2, 0.25) is 0 Å². The molecule has 1 heterocycles. The molecule has 2 aliphatic carbocycles. The minimum Gasteiger partial charge on any atom is -0.344 e. The van der Waals surface area contributed by atoms with Gasteiger partial charge >= 0.3 is 12.4 Å². The monoisotopic (exact) mass is 693 g/mol. The number of likely N-dealkylation sites (N-methyl/N-ethyl adjacent to an activating group) is 1. The molecule has 2 aromatic carbocycles. The summed E-state index contributed by atoms with van der Waals surface area (Å²) in [7, 11) is 3.73. The van der Waals surface area contributed by atoms with Crippen molar-refractivity contribution in [3.05, 3.63) is 70.8 Å². The Kier molecular flexibility index (Phi) is 12.2. The van der Waals surface area contributed by atoms with Crippen molar-refractivity contribution in [2.24, 2.45) is 4.99 Å². The smallest absolute Gasteiger partial charge is 0.344 e. The molecule has 3 aliphatic rings. The molecule has 0 spiro atoms. The number of hydrogen-bond donors (Lipinski definition) is 0. The van der Waals surface area contributed by atoms with Gasteiger partial charge in [0.25, 0.3) is 0 Å². The van der Waals surface area contributed by atoms with E-state index in [-0.39, 0.29) is 30.5 Å². The van der Waals surface area contributed by atoms with Gasteiger partial charge in [-0.05, 0) is 61.4 Å². The number of carbonyl (C=O) groups excluding carboxylic acids is 1. The summed E-state index contributed by atoms with van der Waals surface area (Å²) < 4.78 is 80.7. The van der Waals surface area contributed by atoms with Gasteiger partial charge in [0.05, 0.1) is 17.2 Å². The number of rotatable bonds is 8. The van der Waals surface area contributed by atoms with Gasteiger partial charge < -0.3 is 14.7 Å². The van der Waals surface area contributed by atoms with Crippen molar-refractivity contribution in [2.45, 2.75) is 101 Å². The van der Waals surface area contributed by atoms with Crippen molar-refractivity contribution < 1.29 is 31.1 Å². The quantitative estimate of drug-likeness (QED) is 0.160. The highest BCUT2D eigenvalue weighted by molar-refractivity contribution is 5.83. The largest absolute Gasteiger partial charge is 0.416 e. The van der Waals surface area contributed by atoms with Crippen LogP contribution in [0.25, 0.3) is 0 Å². The molecule has 2 saturated carbocycles. The molecular weight excluding hydrogens is 644 g/mol. The Balaban J connectivity index is 1.31. The van der Waals surface area contributed by atoms with E-state index in [0.717, 1.165) is 49.3 Å². The Labute approximate surface area is 286 Å². The number of benzene rings is 2. The van der Waals surface area contributed by atoms with Crippen molar-refractivity contribution in [1.29, 1.82) is 0 Å². The Bertz CT molecular complexity index is 1360. The SMILES string of the molecule is CN(CCc1cc(C(F)(F)F)cc(C(F)(F)F)c1)C(=O)[C@H](c1ccccc1)N1CCN(C(=NC2CCCCC2)N(C)C2CCCCC2)CC1. The van der Waals surface area contributed by atoms with Gasteiger partial charge in [-0.1, -0.05) is 68.9 Å². The molecule has 0 bridgehead atoms. The summed E-state index contributed by atoms with van der Waals surface area (Å²) in [5, 5.41) is 0. The van der Waals surface area contributed by atoms with E-state index in [1.165, 1.54) is 43.4 Å². The maximum atomic E-state index is 14.1. The second-order valence-electron chi connectivity index (χ2n) is 13.9. The van der Waals surface area contributed by atoms with Gasteiger partial charge in [-0.15, -0.1) is 0 Å². The molecular formula is C37H49F6N5O. The summed E-state index contributed by atoms with van der Waals surface area (Å²) in [6.07, 6.45) is 1.93. The fourth-order valence-electron chi connectivity index (χ4n) is 7.51. The molecule has 0 radical (unpaired) electrons. The topological polar surface area (TPSA) is 42.4 Å². The van der Waals surface area contributed by atoms with Crippen molar-refractivity contribution in [3.8, 4) is 0 Å². The predicted octanol–water partition coefficient (Wildman–Crippen LogP) is 8.04. The maximum Gasteiger partial charge on any atom is 0.416 e. The van der Waals surface area contributed by atoms with Crippen molar-refractivity contribution in [3.63, 3.8) is 0 Å². The standard InChI is InChI=1S/C37H49F6N5O/c1-45(19-18-27-24-29(36(38,39)40)26-30(25-27)37(41,42)43)34(49)33(28-12-6-3-7-13-28)47-20-22-48(23-21-47)35(44-31-14-8-4-9-15-31)46(2)32-16-10-5-11-17-32/h3,6-7,12-13,24-26,31-33H,4-5,8-11,14-23H2,1-2H3/t33-/m0/s1. The van der Waals surface area contributed by atoms with E-state index in [1.54, 1.807) is 7.05 Å². The van der Waals surface area contributed by atoms with Gasteiger partial charge in [0.15, 0.2) is 5.96 Å². The van der Waals surface area contributed by atoms with Gasteiger partial charge in [-0.2, -0.15) is 26.3 Å². The average molecular weight is 694 g/mol. The number of amides is 1. The van der Waals surface area contributed by atoms with E-state index in [0.29, 0.717) is 38.3 Å². The number of guanidine groups is 1. The van der Waals surface area contributed by atoms with Gasteiger partial charge in [-0.3, -0.25) is 9.69 Å². The first kappa shape index (κ1) is 37.0. The van der Waals surface area contributed by atoms with Gasteiger partial charge in [0, 0.05) is 52.9 Å². The van der Waals surface area contributed by atoms with Crippen LogP contribution in [0.4, 0.5) is 26.3 Å². The Morgan fingerprint density at radius 2 is 1.35 bits per heavy atom. The molecule has 1 atom stereocenters. The zero-order valence-electron chi connectivity index (χ0n) is 28.6. The highest BCUT2D eigenvalue weighted by Gasteiger charge is 2.38. The zero-order valence-corrected chi connectivity index (χ0v) is 28.6. The predicted molar refractivity (Wildman–Crippen MR) is 179 cm³/mol. The summed E-state index contributed by atoms with van der Waals surface area (Å²) in [4.78, 5) is 27.8.